The molecule has 1 heterocycles. The summed E-state index contributed by atoms with van der Waals surface area (Å²) in [5.41, 5.74) is 0. The molecule has 1 aliphatic heterocycles. The number of hydrogen-bond acceptors (Lipinski definition) is 4. The van der Waals surface area contributed by atoms with E-state index in [-0.39, 0.29) is 6.54 Å². The van der Waals surface area contributed by atoms with Gasteiger partial charge in [0.2, 0.25) is 0 Å². The molecule has 0 radical (unpaired) electrons. The molecule has 2 aliphatic carbocycles. The van der Waals surface area contributed by atoms with Crippen molar-refractivity contribution in [2.45, 2.75) is 56.7 Å². The van der Waals surface area contributed by atoms with Crippen LogP contribution in [0.1, 0.15) is 38.5 Å². The van der Waals surface area contributed by atoms with Gasteiger partial charge >= 0.3 is 5.97 Å². The van der Waals surface area contributed by atoms with Crippen molar-refractivity contribution < 1.29 is 9.90 Å². The lowest BCUT2D eigenvalue weighted by molar-refractivity contribution is -0.139. The van der Waals surface area contributed by atoms with E-state index in [9.17, 15) is 4.79 Å². The highest BCUT2D eigenvalue weighted by molar-refractivity contribution is 7.99. The summed E-state index contributed by atoms with van der Waals surface area (Å²) in [5.74, 6) is 2.67. The summed E-state index contributed by atoms with van der Waals surface area (Å²) in [6.45, 7) is 1.23. The Balaban J connectivity index is 1.40. The largest absolute Gasteiger partial charge is 0.480 e. The summed E-state index contributed by atoms with van der Waals surface area (Å²) in [5, 5.41) is 12.8. The average molecular weight is 298 g/mol. The summed E-state index contributed by atoms with van der Waals surface area (Å²) in [6.07, 6.45) is 7.52. The molecule has 0 aromatic rings. The number of carboxylic acid groups (broad SMARTS) is 1. The molecule has 3 fully saturated rings. The Morgan fingerprint density at radius 1 is 1.25 bits per heavy atom. The molecule has 1 saturated heterocycles. The van der Waals surface area contributed by atoms with Crippen LogP contribution in [-0.2, 0) is 4.79 Å². The molecule has 1 unspecified atom stereocenters. The fraction of sp³-hybridized carbons (Fsp3) is 0.933. The van der Waals surface area contributed by atoms with E-state index in [1.54, 1.807) is 0 Å². The van der Waals surface area contributed by atoms with Crippen LogP contribution in [0.15, 0.2) is 0 Å². The second kappa shape index (κ2) is 6.67. The maximum Gasteiger partial charge on any atom is 0.317 e. The second-order valence-electron chi connectivity index (χ2n) is 6.67. The molecular formula is C15H26N2O2S. The van der Waals surface area contributed by atoms with Crippen molar-refractivity contribution in [2.75, 3.05) is 24.6 Å². The van der Waals surface area contributed by atoms with Gasteiger partial charge < -0.3 is 10.4 Å². The van der Waals surface area contributed by atoms with Crippen LogP contribution in [0, 0.1) is 5.92 Å². The second-order valence-corrected chi connectivity index (χ2v) is 7.82. The zero-order valence-electron chi connectivity index (χ0n) is 12.1. The highest BCUT2D eigenvalue weighted by atomic mass is 32.2. The maximum absolute atomic E-state index is 11.0. The number of aliphatic carboxylic acids is 1. The number of carbonyl (C=O) groups is 1. The quantitative estimate of drug-likeness (QED) is 0.750. The minimum absolute atomic E-state index is 0.229. The standard InChI is InChI=1S/C15H26N2O2S/c18-15(19)9-17(8-11-3-4-11)14-6-13(7-14)16-12-2-1-5-20-10-12/h11-14,16H,1-10H2,(H,18,19). The fourth-order valence-electron chi connectivity index (χ4n) is 3.38. The van der Waals surface area contributed by atoms with E-state index in [4.69, 9.17) is 5.11 Å². The Morgan fingerprint density at radius 2 is 2.05 bits per heavy atom. The molecule has 2 N–H and O–H groups in total. The number of carboxylic acids is 1. The van der Waals surface area contributed by atoms with E-state index in [1.807, 2.05) is 0 Å². The van der Waals surface area contributed by atoms with Gasteiger partial charge in [-0.15, -0.1) is 0 Å². The number of rotatable bonds is 7. The Hall–Kier alpha value is -0.260. The van der Waals surface area contributed by atoms with Crippen molar-refractivity contribution in [2.24, 2.45) is 5.92 Å². The van der Waals surface area contributed by atoms with Crippen LogP contribution < -0.4 is 5.32 Å². The summed E-state index contributed by atoms with van der Waals surface area (Å²) >= 11 is 2.06. The minimum atomic E-state index is -0.675. The van der Waals surface area contributed by atoms with Crippen LogP contribution in [0.3, 0.4) is 0 Å². The topological polar surface area (TPSA) is 52.6 Å². The first-order valence-corrected chi connectivity index (χ1v) is 9.16. The minimum Gasteiger partial charge on any atom is -0.480 e. The van der Waals surface area contributed by atoms with Crippen molar-refractivity contribution in [3.63, 3.8) is 0 Å². The predicted molar refractivity (Wildman–Crippen MR) is 82.2 cm³/mol. The lowest BCUT2D eigenvalue weighted by Gasteiger charge is -2.44. The average Bonchev–Trinajstić information content (AvgIpc) is 3.17. The van der Waals surface area contributed by atoms with Gasteiger partial charge in [-0.25, -0.2) is 0 Å². The van der Waals surface area contributed by atoms with Crippen LogP contribution in [0.25, 0.3) is 0 Å². The first kappa shape index (κ1) is 14.7. The van der Waals surface area contributed by atoms with E-state index in [0.717, 1.165) is 25.3 Å². The molecule has 4 nitrogen and oxygen atoms in total. The van der Waals surface area contributed by atoms with Gasteiger partial charge in [-0.1, -0.05) is 0 Å². The highest BCUT2D eigenvalue weighted by Gasteiger charge is 2.37. The predicted octanol–water partition coefficient (Wildman–Crippen LogP) is 1.80. The van der Waals surface area contributed by atoms with Crippen LogP contribution >= 0.6 is 11.8 Å². The third-order valence-corrected chi connectivity index (χ3v) is 6.00. The maximum atomic E-state index is 11.0. The number of thioether (sulfide) groups is 1. The normalized spacial score (nSPS) is 34.0. The monoisotopic (exact) mass is 298 g/mol. The first-order valence-electron chi connectivity index (χ1n) is 8.00. The van der Waals surface area contributed by atoms with Crippen molar-refractivity contribution in [1.29, 1.82) is 0 Å². The van der Waals surface area contributed by atoms with Crippen molar-refractivity contribution in [3.05, 3.63) is 0 Å². The molecule has 0 bridgehead atoms. The Kier molecular flexibility index (Phi) is 4.89. The van der Waals surface area contributed by atoms with Crippen LogP contribution in [0.4, 0.5) is 0 Å². The molecule has 0 aromatic heterocycles. The van der Waals surface area contributed by atoms with Gasteiger partial charge in [0.1, 0.15) is 0 Å². The summed E-state index contributed by atoms with van der Waals surface area (Å²) in [6, 6.07) is 1.82. The zero-order chi connectivity index (χ0) is 13.9. The molecular weight excluding hydrogens is 272 g/mol. The van der Waals surface area contributed by atoms with Gasteiger partial charge in [-0.3, -0.25) is 9.69 Å². The van der Waals surface area contributed by atoms with Gasteiger partial charge in [-0.05, 0) is 50.2 Å². The first-order chi connectivity index (χ1) is 9.70. The van der Waals surface area contributed by atoms with E-state index in [1.165, 1.54) is 37.2 Å². The van der Waals surface area contributed by atoms with Gasteiger partial charge in [0.25, 0.3) is 0 Å². The smallest absolute Gasteiger partial charge is 0.317 e. The summed E-state index contributed by atoms with van der Waals surface area (Å²) in [4.78, 5) is 13.2. The third-order valence-electron chi connectivity index (χ3n) is 4.79. The lowest BCUT2D eigenvalue weighted by Crippen LogP contribution is -2.56. The van der Waals surface area contributed by atoms with Gasteiger partial charge in [-0.2, -0.15) is 11.8 Å². The van der Waals surface area contributed by atoms with Crippen molar-refractivity contribution >= 4 is 17.7 Å². The molecule has 0 aromatic carbocycles. The van der Waals surface area contributed by atoms with Crippen LogP contribution in [0.5, 0.6) is 0 Å². The molecule has 2 saturated carbocycles. The Morgan fingerprint density at radius 3 is 2.65 bits per heavy atom. The van der Waals surface area contributed by atoms with E-state index in [2.05, 4.69) is 22.0 Å². The van der Waals surface area contributed by atoms with E-state index >= 15 is 0 Å². The molecule has 114 valence electrons. The Bertz CT molecular complexity index is 337. The van der Waals surface area contributed by atoms with Crippen molar-refractivity contribution in [3.8, 4) is 0 Å². The van der Waals surface area contributed by atoms with Crippen LogP contribution in [-0.4, -0.2) is 58.7 Å². The molecule has 5 heteroatoms. The number of nitrogens with zero attached hydrogens (tertiary/aromatic N) is 1. The SMILES string of the molecule is O=C(O)CN(CC1CC1)C1CC(NC2CCCSC2)C1. The fourth-order valence-corrected chi connectivity index (χ4v) is 4.46. The van der Waals surface area contributed by atoms with E-state index < -0.39 is 5.97 Å². The van der Waals surface area contributed by atoms with Gasteiger partial charge in [0, 0.05) is 30.4 Å². The molecule has 3 aliphatic rings. The molecule has 3 rings (SSSR count). The number of nitrogens with one attached hydrogen (secondary N) is 1. The molecule has 20 heavy (non-hydrogen) atoms. The van der Waals surface area contributed by atoms with Gasteiger partial charge in [0.15, 0.2) is 0 Å². The van der Waals surface area contributed by atoms with Crippen LogP contribution in [0.2, 0.25) is 0 Å². The van der Waals surface area contributed by atoms with E-state index in [0.29, 0.717) is 18.1 Å². The van der Waals surface area contributed by atoms with Crippen molar-refractivity contribution in [1.82, 2.24) is 10.2 Å². The Labute approximate surface area is 125 Å². The molecule has 1 atom stereocenters. The summed E-state index contributed by atoms with van der Waals surface area (Å²) in [7, 11) is 0. The third kappa shape index (κ3) is 4.12. The molecule has 0 spiro atoms. The highest BCUT2D eigenvalue weighted by Crippen LogP contribution is 2.34. The molecule has 0 amide bonds. The zero-order valence-corrected chi connectivity index (χ0v) is 12.9. The summed E-state index contributed by atoms with van der Waals surface area (Å²) < 4.78 is 0. The van der Waals surface area contributed by atoms with Gasteiger partial charge in [0.05, 0.1) is 6.54 Å². The number of hydrogen-bond donors (Lipinski definition) is 2. The lowest BCUT2D eigenvalue weighted by atomic mass is 9.84.